The molecule has 0 bridgehead atoms. The van der Waals surface area contributed by atoms with Crippen LogP contribution in [0.4, 0.5) is 0 Å². The van der Waals surface area contributed by atoms with Crippen molar-refractivity contribution in [3.05, 3.63) is 52.3 Å². The zero-order valence-corrected chi connectivity index (χ0v) is 14.7. The molecule has 25 heavy (non-hydrogen) atoms. The van der Waals surface area contributed by atoms with E-state index in [-0.39, 0.29) is 6.54 Å². The second kappa shape index (κ2) is 7.13. The van der Waals surface area contributed by atoms with Gasteiger partial charge in [0.1, 0.15) is 12.3 Å². The van der Waals surface area contributed by atoms with Gasteiger partial charge in [-0.3, -0.25) is 14.8 Å². The molecule has 0 aliphatic heterocycles. The third-order valence-electron chi connectivity index (χ3n) is 3.66. The first-order chi connectivity index (χ1) is 11.9. The van der Waals surface area contributed by atoms with E-state index in [1.54, 1.807) is 16.9 Å². The van der Waals surface area contributed by atoms with E-state index in [1.165, 1.54) is 0 Å². The molecule has 0 amide bonds. The molecule has 130 valence electrons. The molecule has 0 aliphatic carbocycles. The zero-order valence-electron chi connectivity index (χ0n) is 13.5. The molecule has 2 unspecified atom stereocenters. The highest BCUT2D eigenvalue weighted by molar-refractivity contribution is 7.27. The quantitative estimate of drug-likeness (QED) is 0.286. The van der Waals surface area contributed by atoms with E-state index in [0.29, 0.717) is 11.6 Å². The molecule has 2 atom stereocenters. The summed E-state index contributed by atoms with van der Waals surface area (Å²) in [6.07, 6.45) is 0.756. The van der Waals surface area contributed by atoms with Crippen molar-refractivity contribution in [3.63, 3.8) is 0 Å². The summed E-state index contributed by atoms with van der Waals surface area (Å²) in [5, 5.41) is 24.6. The fraction of sp³-hybridized carbons (Fsp3) is 0.250. The molecule has 0 saturated heterocycles. The van der Waals surface area contributed by atoms with Gasteiger partial charge in [-0.05, 0) is 24.4 Å². The van der Waals surface area contributed by atoms with Crippen LogP contribution >= 0.6 is 9.24 Å². The first-order valence-corrected chi connectivity index (χ1v) is 8.19. The van der Waals surface area contributed by atoms with E-state index in [9.17, 15) is 10.1 Å². The third-order valence-corrected chi connectivity index (χ3v) is 4.05. The number of rotatable bonds is 6. The number of hydrogen-bond donors (Lipinski definition) is 0. The number of benzene rings is 1. The van der Waals surface area contributed by atoms with Gasteiger partial charge < -0.3 is 9.84 Å². The molecule has 9 heteroatoms. The van der Waals surface area contributed by atoms with Gasteiger partial charge in [0.2, 0.25) is 12.0 Å². The highest BCUT2D eigenvalue weighted by Gasteiger charge is 2.20. The van der Waals surface area contributed by atoms with Crippen LogP contribution in [0.3, 0.4) is 0 Å². The molecule has 2 aromatic heterocycles. The van der Waals surface area contributed by atoms with Crippen LogP contribution in [-0.2, 0) is 6.54 Å². The summed E-state index contributed by atoms with van der Waals surface area (Å²) >= 11 is 0. The van der Waals surface area contributed by atoms with Gasteiger partial charge in [-0.1, -0.05) is 12.1 Å². The summed E-state index contributed by atoms with van der Waals surface area (Å²) in [7, 11) is 2.61. The van der Waals surface area contributed by atoms with E-state index in [0.717, 1.165) is 21.9 Å². The number of fused-ring (bicyclic) bond motifs is 1. The van der Waals surface area contributed by atoms with Crippen LogP contribution < -0.4 is 10.0 Å². The number of nitrogens with zero attached hydrogens (tertiary/aromatic N) is 4. The van der Waals surface area contributed by atoms with E-state index >= 15 is 0 Å². The summed E-state index contributed by atoms with van der Waals surface area (Å²) in [6.45, 7) is 1.57. The fourth-order valence-electron chi connectivity index (χ4n) is 2.51. The van der Waals surface area contributed by atoms with Crippen molar-refractivity contribution in [3.8, 4) is 11.6 Å². The summed E-state index contributed by atoms with van der Waals surface area (Å²) in [4.78, 5) is 14.3. The molecule has 0 saturated carbocycles. The molecule has 3 aromatic rings. The van der Waals surface area contributed by atoms with Crippen LogP contribution in [0.15, 0.2) is 36.5 Å². The van der Waals surface area contributed by atoms with Crippen molar-refractivity contribution in [2.24, 2.45) is 0 Å². The van der Waals surface area contributed by atoms with Crippen molar-refractivity contribution >= 4 is 25.4 Å². The van der Waals surface area contributed by atoms with E-state index in [1.807, 2.05) is 31.2 Å². The normalized spacial score (nSPS) is 12.3. The number of nitro groups is 1. The molecule has 0 fully saturated rings. The summed E-state index contributed by atoms with van der Waals surface area (Å²) in [6, 6.07) is 9.34. The van der Waals surface area contributed by atoms with Crippen molar-refractivity contribution in [2.75, 3.05) is 6.54 Å². The Morgan fingerprint density at radius 2 is 2.12 bits per heavy atom. The van der Waals surface area contributed by atoms with Crippen LogP contribution in [0.1, 0.15) is 5.69 Å². The van der Waals surface area contributed by atoms with E-state index in [2.05, 4.69) is 19.3 Å². The highest BCUT2D eigenvalue weighted by atomic mass is 31.0. The lowest BCUT2D eigenvalue weighted by Crippen LogP contribution is -2.25. The predicted octanol–water partition coefficient (Wildman–Crippen LogP) is 1.40. The lowest BCUT2D eigenvalue weighted by atomic mass is 10.2. The van der Waals surface area contributed by atoms with E-state index < -0.39 is 17.6 Å². The Hall–Kier alpha value is -2.57. The maximum atomic E-state index is 10.5. The number of hydrogen-bond acceptors (Lipinski definition) is 5. The molecule has 1 aromatic carbocycles. The molecule has 3 rings (SSSR count). The Bertz CT molecular complexity index is 910. The van der Waals surface area contributed by atoms with Gasteiger partial charge in [-0.25, -0.2) is 4.98 Å². The van der Waals surface area contributed by atoms with Crippen LogP contribution in [0.5, 0.6) is 11.6 Å². The maximum Gasteiger partial charge on any atom is 0.275 e. The maximum absolute atomic E-state index is 10.5. The Kier molecular flexibility index (Phi) is 4.92. The van der Waals surface area contributed by atoms with Gasteiger partial charge in [0.25, 0.3) is 6.54 Å². The molecule has 2 N–H and O–H groups in total. The highest BCUT2D eigenvalue weighted by Crippen LogP contribution is 2.25. The topological polar surface area (TPSA) is 106 Å². The van der Waals surface area contributed by atoms with Crippen LogP contribution in [0.25, 0.3) is 10.9 Å². The summed E-state index contributed by atoms with van der Waals surface area (Å²) < 4.78 is 7.34. The standard InChI is InChI=1S/C16H17N4O4P/c1-10-14-6-16(24-12-2-4-13(25)5-3-12)17-7-15(14)19(18-10)8-11(21)9-20(22)23/h2-7,11,21H,8-9,25H2,1H3/p+1. The van der Waals surface area contributed by atoms with Crippen molar-refractivity contribution in [2.45, 2.75) is 19.6 Å². The van der Waals surface area contributed by atoms with Crippen molar-refractivity contribution in [1.82, 2.24) is 14.8 Å². The number of aryl methyl sites for hydroxylation is 1. The SMILES string of the molecule is Cc1nn(CC([OH2+])C[N+](=O)[O-])c2cnc(Oc3ccc(P)cc3)cc12. The van der Waals surface area contributed by atoms with Crippen molar-refractivity contribution in [1.29, 1.82) is 0 Å². The van der Waals surface area contributed by atoms with Gasteiger partial charge in [-0.2, -0.15) is 5.10 Å². The first-order valence-electron chi connectivity index (χ1n) is 7.62. The van der Waals surface area contributed by atoms with Crippen LogP contribution in [0, 0.1) is 17.0 Å². The summed E-state index contributed by atoms with van der Waals surface area (Å²) in [5.74, 6) is 1.12. The zero-order chi connectivity index (χ0) is 18.0. The Morgan fingerprint density at radius 1 is 1.40 bits per heavy atom. The lowest BCUT2D eigenvalue weighted by molar-refractivity contribution is -0.490. The van der Waals surface area contributed by atoms with Gasteiger partial charge in [-0.15, -0.1) is 9.24 Å². The molecule has 0 spiro atoms. The Balaban J connectivity index is 1.84. The number of aromatic nitrogens is 3. The predicted molar refractivity (Wildman–Crippen MR) is 97.4 cm³/mol. The van der Waals surface area contributed by atoms with Gasteiger partial charge in [0.15, 0.2) is 0 Å². The minimum Gasteiger partial charge on any atom is -0.439 e. The van der Waals surface area contributed by atoms with E-state index in [4.69, 9.17) is 9.84 Å². The smallest absolute Gasteiger partial charge is 0.275 e. The minimum absolute atomic E-state index is 0.142. The van der Waals surface area contributed by atoms with Gasteiger partial charge >= 0.3 is 0 Å². The lowest BCUT2D eigenvalue weighted by Gasteiger charge is -2.06. The van der Waals surface area contributed by atoms with Crippen LogP contribution in [0.2, 0.25) is 0 Å². The van der Waals surface area contributed by atoms with Gasteiger partial charge in [0, 0.05) is 16.4 Å². The average Bonchev–Trinajstić information content (AvgIpc) is 2.84. The number of pyridine rings is 1. The molecule has 8 nitrogen and oxygen atoms in total. The second-order valence-electron chi connectivity index (χ2n) is 5.69. The fourth-order valence-corrected chi connectivity index (χ4v) is 2.70. The van der Waals surface area contributed by atoms with Crippen molar-refractivity contribution < 1.29 is 14.8 Å². The average molecular weight is 361 g/mol. The largest absolute Gasteiger partial charge is 0.439 e. The monoisotopic (exact) mass is 361 g/mol. The first kappa shape index (κ1) is 17.3. The molecular formula is C16H18N4O4P+. The summed E-state index contributed by atoms with van der Waals surface area (Å²) in [5.41, 5.74) is 1.49. The number of ether oxygens (including phenoxy) is 1. The molecule has 0 radical (unpaired) electrons. The second-order valence-corrected chi connectivity index (χ2v) is 6.36. The Morgan fingerprint density at radius 3 is 2.80 bits per heavy atom. The van der Waals surface area contributed by atoms with Gasteiger partial charge in [0.05, 0.1) is 17.4 Å². The minimum atomic E-state index is -0.862. The third kappa shape index (κ3) is 4.10. The molecule has 2 heterocycles. The van der Waals surface area contributed by atoms with Crippen LogP contribution in [-0.4, -0.2) is 37.4 Å². The molecule has 0 aliphatic rings. The Labute approximate surface area is 145 Å². The molecular weight excluding hydrogens is 343 g/mol.